The number of rotatable bonds is 10. The van der Waals surface area contributed by atoms with Crippen LogP contribution in [0.5, 0.6) is 0 Å². The van der Waals surface area contributed by atoms with E-state index in [9.17, 15) is 14.4 Å². The summed E-state index contributed by atoms with van der Waals surface area (Å²) in [5, 5.41) is 12.5. The summed E-state index contributed by atoms with van der Waals surface area (Å²) in [5.74, 6) is 4.18. The lowest BCUT2D eigenvalue weighted by Gasteiger charge is -2.23. The fourth-order valence-corrected chi connectivity index (χ4v) is 4.87. The van der Waals surface area contributed by atoms with Gasteiger partial charge in [0.05, 0.1) is 22.2 Å². The predicted octanol–water partition coefficient (Wildman–Crippen LogP) is 1.54. The van der Waals surface area contributed by atoms with Gasteiger partial charge in [-0.15, -0.1) is 11.3 Å². The van der Waals surface area contributed by atoms with E-state index in [4.69, 9.17) is 5.84 Å². The van der Waals surface area contributed by atoms with Gasteiger partial charge in [0.2, 0.25) is 17.6 Å². The fraction of sp³-hybridized carbons (Fsp3) is 0.476. The zero-order valence-corrected chi connectivity index (χ0v) is 18.3. The Morgan fingerprint density at radius 1 is 1.32 bits per heavy atom. The molecule has 1 saturated carbocycles. The molecule has 0 aliphatic heterocycles. The molecular weight excluding hydrogens is 416 g/mol. The van der Waals surface area contributed by atoms with E-state index in [1.165, 1.54) is 24.6 Å². The van der Waals surface area contributed by atoms with Gasteiger partial charge in [0.25, 0.3) is 0 Å². The van der Waals surface area contributed by atoms with E-state index in [0.29, 0.717) is 30.8 Å². The van der Waals surface area contributed by atoms with Crippen LogP contribution in [0, 0.1) is 5.92 Å². The maximum atomic E-state index is 13.2. The molecule has 2 amide bonds. The van der Waals surface area contributed by atoms with E-state index >= 15 is 0 Å². The van der Waals surface area contributed by atoms with Crippen LogP contribution >= 0.6 is 11.3 Å². The number of amides is 2. The molecule has 0 spiro atoms. The van der Waals surface area contributed by atoms with Crippen LogP contribution in [0.25, 0.3) is 10.2 Å². The number of hydrogen-bond donors (Lipinski definition) is 4. The number of para-hydroxylation sites is 1. The zero-order chi connectivity index (χ0) is 22.2. The highest BCUT2D eigenvalue weighted by Gasteiger charge is 2.35. The molecule has 3 rings (SSSR count). The van der Waals surface area contributed by atoms with Gasteiger partial charge in [0.15, 0.2) is 5.01 Å². The standard InChI is InChI=1S/C21H28N6O3S/c1-13(28)25-15-8-4-6-14(15)20(30)26-17(9-5-11-23-12-24-22)19(29)21-27-16-7-2-3-10-18(16)31-21/h2-3,7,10,12,14-15,17H,4-6,8-9,11,22H2,1H3,(H,23,24)(H,25,28)(H,26,30)/t14?,15?,17-/m0/s1. The van der Waals surface area contributed by atoms with Gasteiger partial charge in [-0.25, -0.2) is 4.98 Å². The predicted molar refractivity (Wildman–Crippen MR) is 121 cm³/mol. The van der Waals surface area contributed by atoms with Crippen LogP contribution in [0.3, 0.4) is 0 Å². The molecule has 2 unspecified atom stereocenters. The third kappa shape index (κ3) is 6.00. The maximum Gasteiger partial charge on any atom is 0.225 e. The van der Waals surface area contributed by atoms with Crippen LogP contribution in [-0.2, 0) is 9.59 Å². The lowest BCUT2D eigenvalue weighted by atomic mass is 10.00. The number of hydrogen-bond acceptors (Lipinski definition) is 7. The molecule has 1 heterocycles. The number of benzene rings is 1. The number of carbonyl (C=O) groups is 3. The number of hydrazone groups is 1. The molecule has 1 aliphatic carbocycles. The van der Waals surface area contributed by atoms with Crippen LogP contribution < -0.4 is 21.8 Å². The number of thiazole rings is 1. The second-order valence-electron chi connectivity index (χ2n) is 7.63. The molecule has 0 bridgehead atoms. The molecule has 1 aliphatic rings. The monoisotopic (exact) mass is 444 g/mol. The van der Waals surface area contributed by atoms with Crippen molar-refractivity contribution in [1.29, 1.82) is 0 Å². The minimum atomic E-state index is -0.691. The number of carbonyl (C=O) groups excluding carboxylic acids is 3. The zero-order valence-electron chi connectivity index (χ0n) is 17.5. The third-order valence-electron chi connectivity index (χ3n) is 5.36. The number of Topliss-reactive ketones (excluding diaryl/α,β-unsaturated/α-hetero) is 1. The highest BCUT2D eigenvalue weighted by molar-refractivity contribution is 7.20. The summed E-state index contributed by atoms with van der Waals surface area (Å²) in [6, 6.07) is 6.68. The first-order valence-electron chi connectivity index (χ1n) is 10.4. The summed E-state index contributed by atoms with van der Waals surface area (Å²) in [6.45, 7) is 2.02. The third-order valence-corrected chi connectivity index (χ3v) is 6.41. The molecule has 5 N–H and O–H groups in total. The second-order valence-corrected chi connectivity index (χ2v) is 8.66. The molecule has 31 heavy (non-hydrogen) atoms. The molecular formula is C21H28N6O3S. The lowest BCUT2D eigenvalue weighted by molar-refractivity contribution is -0.126. The van der Waals surface area contributed by atoms with Crippen molar-refractivity contribution >= 4 is 45.5 Å². The van der Waals surface area contributed by atoms with Gasteiger partial charge in [-0.3, -0.25) is 14.4 Å². The van der Waals surface area contributed by atoms with Crippen molar-refractivity contribution in [3.05, 3.63) is 29.3 Å². The summed E-state index contributed by atoms with van der Waals surface area (Å²) < 4.78 is 0.929. The van der Waals surface area contributed by atoms with E-state index in [0.717, 1.165) is 23.1 Å². The second kappa shape index (κ2) is 10.9. The van der Waals surface area contributed by atoms with Crippen molar-refractivity contribution in [2.75, 3.05) is 6.54 Å². The van der Waals surface area contributed by atoms with Crippen LogP contribution in [0.15, 0.2) is 29.4 Å². The van der Waals surface area contributed by atoms with Crippen LogP contribution in [0.2, 0.25) is 0 Å². The number of fused-ring (bicyclic) bond motifs is 1. The molecule has 166 valence electrons. The highest BCUT2D eigenvalue weighted by atomic mass is 32.1. The summed E-state index contributed by atoms with van der Waals surface area (Å²) in [4.78, 5) is 42.2. The number of nitrogens with zero attached hydrogens (tertiary/aromatic N) is 2. The molecule has 3 atom stereocenters. The maximum absolute atomic E-state index is 13.2. The van der Waals surface area contributed by atoms with Crippen LogP contribution in [-0.4, -0.2) is 47.5 Å². The summed E-state index contributed by atoms with van der Waals surface area (Å²) >= 11 is 1.33. The average molecular weight is 445 g/mol. The van der Waals surface area contributed by atoms with Crippen LogP contribution in [0.4, 0.5) is 0 Å². The SMILES string of the molecule is CC(=O)NC1CCCC1C(=O)N[C@@H](CCCNC=NN)C(=O)c1nc2ccccc2s1. The van der Waals surface area contributed by atoms with Crippen molar-refractivity contribution in [2.45, 2.75) is 51.1 Å². The Morgan fingerprint density at radius 3 is 2.87 bits per heavy atom. The average Bonchev–Trinajstić information content (AvgIpc) is 3.38. The Hall–Kier alpha value is -3.01. The quantitative estimate of drug-likeness (QED) is 0.109. The summed E-state index contributed by atoms with van der Waals surface area (Å²) in [7, 11) is 0. The van der Waals surface area contributed by atoms with Gasteiger partial charge < -0.3 is 21.8 Å². The van der Waals surface area contributed by atoms with Crippen molar-refractivity contribution in [2.24, 2.45) is 16.9 Å². The van der Waals surface area contributed by atoms with Gasteiger partial charge in [-0.05, 0) is 37.8 Å². The van der Waals surface area contributed by atoms with Gasteiger partial charge >= 0.3 is 0 Å². The smallest absolute Gasteiger partial charge is 0.225 e. The normalized spacial score (nSPS) is 19.4. The molecule has 1 fully saturated rings. The Balaban J connectivity index is 1.72. The Bertz CT molecular complexity index is 926. The topological polar surface area (TPSA) is 139 Å². The first kappa shape index (κ1) is 22.7. The summed E-state index contributed by atoms with van der Waals surface area (Å²) in [6.07, 6.45) is 4.78. The molecule has 9 nitrogen and oxygen atoms in total. The van der Waals surface area contributed by atoms with Gasteiger partial charge in [-0.1, -0.05) is 18.6 Å². The van der Waals surface area contributed by atoms with E-state index in [1.807, 2.05) is 24.3 Å². The van der Waals surface area contributed by atoms with Crippen molar-refractivity contribution in [1.82, 2.24) is 20.9 Å². The molecule has 0 radical (unpaired) electrons. The Labute approximate surface area is 184 Å². The Kier molecular flexibility index (Phi) is 7.94. The van der Waals surface area contributed by atoms with E-state index in [1.54, 1.807) is 0 Å². The van der Waals surface area contributed by atoms with Crippen molar-refractivity contribution in [3.8, 4) is 0 Å². The van der Waals surface area contributed by atoms with Gasteiger partial charge in [0, 0.05) is 19.5 Å². The largest absolute Gasteiger partial charge is 0.375 e. The van der Waals surface area contributed by atoms with E-state index < -0.39 is 6.04 Å². The fourth-order valence-electron chi connectivity index (χ4n) is 3.91. The van der Waals surface area contributed by atoms with E-state index in [-0.39, 0.29) is 29.6 Å². The number of ketones is 1. The lowest BCUT2D eigenvalue weighted by Crippen LogP contribution is -2.48. The highest BCUT2D eigenvalue weighted by Crippen LogP contribution is 2.27. The van der Waals surface area contributed by atoms with Crippen molar-refractivity contribution < 1.29 is 14.4 Å². The number of aromatic nitrogens is 1. The molecule has 1 aromatic heterocycles. The molecule has 0 saturated heterocycles. The van der Waals surface area contributed by atoms with Gasteiger partial charge in [-0.2, -0.15) is 5.10 Å². The number of nitrogens with two attached hydrogens (primary N) is 1. The minimum absolute atomic E-state index is 0.153. The van der Waals surface area contributed by atoms with E-state index in [2.05, 4.69) is 26.0 Å². The van der Waals surface area contributed by atoms with Crippen molar-refractivity contribution in [3.63, 3.8) is 0 Å². The molecule has 10 heteroatoms. The van der Waals surface area contributed by atoms with Gasteiger partial charge in [0.1, 0.15) is 6.34 Å². The Morgan fingerprint density at radius 2 is 2.13 bits per heavy atom. The summed E-state index contributed by atoms with van der Waals surface area (Å²) in [5.41, 5.74) is 0.767. The van der Waals surface area contributed by atoms with Crippen LogP contribution in [0.1, 0.15) is 48.8 Å². The molecule has 2 aromatic rings. The first-order valence-corrected chi connectivity index (χ1v) is 11.2. The molecule has 1 aromatic carbocycles. The number of nitrogens with one attached hydrogen (secondary N) is 3. The minimum Gasteiger partial charge on any atom is -0.375 e. The first-order chi connectivity index (χ1) is 15.0.